The van der Waals surface area contributed by atoms with Gasteiger partial charge in [-0.05, 0) is 28.5 Å². The molecule has 0 fully saturated rings. The van der Waals surface area contributed by atoms with Gasteiger partial charge in [0.05, 0.1) is 15.7 Å². The molecule has 1 aromatic carbocycles. The number of aromatic nitrogens is 4. The molecule has 0 amide bonds. The first kappa shape index (κ1) is 12.7. The van der Waals surface area contributed by atoms with Crippen LogP contribution in [0.4, 0.5) is 5.82 Å². The van der Waals surface area contributed by atoms with Gasteiger partial charge in [0.25, 0.3) is 0 Å². The summed E-state index contributed by atoms with van der Waals surface area (Å²) in [7, 11) is 0. The molecule has 0 radical (unpaired) electrons. The predicted octanol–water partition coefficient (Wildman–Crippen LogP) is 1.76. The number of nitrogen functional groups attached to an aromatic ring is 1. The standard InChI is InChI=1S/C10H5Cl2N5O3/c11-5-2-1-4(3-6(5)12)17-9(16-19-10(17)18)7-8(13)15-20-14-7/h1-3H,(H2,13,15). The molecule has 0 saturated heterocycles. The lowest BCUT2D eigenvalue weighted by molar-refractivity contribution is 0.310. The largest absolute Gasteiger partial charge is 0.446 e. The van der Waals surface area contributed by atoms with Crippen LogP contribution in [0.2, 0.25) is 10.0 Å². The lowest BCUT2D eigenvalue weighted by Crippen LogP contribution is -2.13. The Labute approximate surface area is 120 Å². The maximum Gasteiger partial charge on any atom is 0.446 e. The van der Waals surface area contributed by atoms with Gasteiger partial charge in [-0.3, -0.25) is 4.52 Å². The third-order valence-electron chi connectivity index (χ3n) is 2.49. The summed E-state index contributed by atoms with van der Waals surface area (Å²) in [6.45, 7) is 0. The number of halogens is 2. The van der Waals surface area contributed by atoms with Gasteiger partial charge in [-0.2, -0.15) is 0 Å². The molecule has 0 unspecified atom stereocenters. The van der Waals surface area contributed by atoms with Gasteiger partial charge >= 0.3 is 5.76 Å². The molecule has 2 heterocycles. The average molecular weight is 314 g/mol. The van der Waals surface area contributed by atoms with Gasteiger partial charge in [0.2, 0.25) is 5.82 Å². The number of benzene rings is 1. The maximum atomic E-state index is 11.8. The van der Waals surface area contributed by atoms with E-state index in [4.69, 9.17) is 28.9 Å². The van der Waals surface area contributed by atoms with Crippen LogP contribution in [0, 0.1) is 0 Å². The van der Waals surface area contributed by atoms with Crippen molar-refractivity contribution < 1.29 is 9.15 Å². The Bertz CT molecular complexity index is 838. The first-order chi connectivity index (χ1) is 9.58. The molecule has 3 rings (SSSR count). The Morgan fingerprint density at radius 1 is 1.15 bits per heavy atom. The van der Waals surface area contributed by atoms with Gasteiger partial charge in [-0.15, -0.1) is 0 Å². The molecule has 0 aliphatic heterocycles. The van der Waals surface area contributed by atoms with Crippen LogP contribution in [0.1, 0.15) is 0 Å². The number of anilines is 1. The monoisotopic (exact) mass is 313 g/mol. The van der Waals surface area contributed by atoms with Crippen molar-refractivity contribution >= 4 is 29.0 Å². The van der Waals surface area contributed by atoms with E-state index >= 15 is 0 Å². The zero-order valence-electron chi connectivity index (χ0n) is 9.58. The van der Waals surface area contributed by atoms with Crippen molar-refractivity contribution in [2.75, 3.05) is 5.73 Å². The van der Waals surface area contributed by atoms with Crippen molar-refractivity contribution in [3.8, 4) is 17.2 Å². The van der Waals surface area contributed by atoms with Gasteiger partial charge in [-0.25, -0.2) is 14.0 Å². The summed E-state index contributed by atoms with van der Waals surface area (Å²) in [5.41, 5.74) is 6.05. The smallest absolute Gasteiger partial charge is 0.379 e. The van der Waals surface area contributed by atoms with Crippen molar-refractivity contribution in [3.63, 3.8) is 0 Å². The molecule has 0 bridgehead atoms. The van der Waals surface area contributed by atoms with E-state index in [9.17, 15) is 4.79 Å². The number of nitrogens with two attached hydrogens (primary N) is 1. The van der Waals surface area contributed by atoms with Crippen LogP contribution in [-0.2, 0) is 0 Å². The maximum absolute atomic E-state index is 11.8. The molecule has 0 atom stereocenters. The minimum atomic E-state index is -0.735. The normalized spacial score (nSPS) is 10.9. The van der Waals surface area contributed by atoms with E-state index in [1.54, 1.807) is 6.07 Å². The highest BCUT2D eigenvalue weighted by Gasteiger charge is 2.21. The predicted molar refractivity (Wildman–Crippen MR) is 69.8 cm³/mol. The van der Waals surface area contributed by atoms with Gasteiger partial charge < -0.3 is 5.73 Å². The molecule has 20 heavy (non-hydrogen) atoms. The van der Waals surface area contributed by atoms with Crippen molar-refractivity contribution in [3.05, 3.63) is 38.8 Å². The molecule has 3 aromatic rings. The molecular formula is C10H5Cl2N5O3. The lowest BCUT2D eigenvalue weighted by atomic mass is 10.3. The summed E-state index contributed by atoms with van der Waals surface area (Å²) in [6.07, 6.45) is 0. The number of hydrogen-bond acceptors (Lipinski definition) is 7. The van der Waals surface area contributed by atoms with Crippen molar-refractivity contribution in [2.45, 2.75) is 0 Å². The molecular weight excluding hydrogens is 309 g/mol. The van der Waals surface area contributed by atoms with Crippen molar-refractivity contribution in [1.29, 1.82) is 0 Å². The van der Waals surface area contributed by atoms with Crippen molar-refractivity contribution in [1.82, 2.24) is 20.0 Å². The molecule has 0 saturated carbocycles. The Balaban J connectivity index is 2.24. The third-order valence-corrected chi connectivity index (χ3v) is 3.23. The Hall–Kier alpha value is -2.32. The van der Waals surface area contributed by atoms with Crippen LogP contribution in [0.25, 0.3) is 17.2 Å². The SMILES string of the molecule is Nc1nonc1-c1noc(=O)n1-c1ccc(Cl)c(Cl)c1. The second-order valence-electron chi connectivity index (χ2n) is 3.70. The minimum Gasteiger partial charge on any atom is -0.379 e. The first-order valence-corrected chi connectivity index (χ1v) is 5.96. The van der Waals surface area contributed by atoms with E-state index in [1.165, 1.54) is 12.1 Å². The Morgan fingerprint density at radius 3 is 2.60 bits per heavy atom. The molecule has 8 nitrogen and oxygen atoms in total. The van der Waals surface area contributed by atoms with Gasteiger partial charge in [0.15, 0.2) is 11.5 Å². The highest BCUT2D eigenvalue weighted by atomic mass is 35.5. The first-order valence-electron chi connectivity index (χ1n) is 5.20. The summed E-state index contributed by atoms with van der Waals surface area (Å²) >= 11 is 11.8. The zero-order chi connectivity index (χ0) is 14.3. The minimum absolute atomic E-state index is 0.0212. The van der Waals surface area contributed by atoms with Crippen LogP contribution in [0.15, 0.2) is 32.1 Å². The second kappa shape index (κ2) is 4.66. The summed E-state index contributed by atoms with van der Waals surface area (Å²) in [4.78, 5) is 11.8. The summed E-state index contributed by atoms with van der Waals surface area (Å²) in [5, 5.41) is 11.2. The molecule has 0 aliphatic carbocycles. The van der Waals surface area contributed by atoms with Crippen molar-refractivity contribution in [2.24, 2.45) is 0 Å². The fourth-order valence-electron chi connectivity index (χ4n) is 1.60. The Kier molecular flexibility index (Phi) is 2.96. The van der Waals surface area contributed by atoms with Crippen LogP contribution in [-0.4, -0.2) is 20.0 Å². The number of nitrogens with zero attached hydrogens (tertiary/aromatic N) is 4. The van der Waals surface area contributed by atoms with E-state index in [0.717, 1.165) is 4.57 Å². The summed E-state index contributed by atoms with van der Waals surface area (Å²) < 4.78 is 10.2. The van der Waals surface area contributed by atoms with Crippen LogP contribution in [0.3, 0.4) is 0 Å². The molecule has 102 valence electrons. The van der Waals surface area contributed by atoms with E-state index in [-0.39, 0.29) is 22.4 Å². The zero-order valence-corrected chi connectivity index (χ0v) is 11.1. The van der Waals surface area contributed by atoms with Crippen LogP contribution in [0.5, 0.6) is 0 Å². The van der Waals surface area contributed by atoms with E-state index in [0.29, 0.717) is 10.7 Å². The molecule has 0 spiro atoms. The van der Waals surface area contributed by atoms with Crippen LogP contribution >= 0.6 is 23.2 Å². The summed E-state index contributed by atoms with van der Waals surface area (Å²) in [6, 6.07) is 4.59. The van der Waals surface area contributed by atoms with Gasteiger partial charge in [0.1, 0.15) is 0 Å². The fraction of sp³-hybridized carbons (Fsp3) is 0. The highest BCUT2D eigenvalue weighted by molar-refractivity contribution is 6.42. The second-order valence-corrected chi connectivity index (χ2v) is 4.52. The van der Waals surface area contributed by atoms with E-state index in [2.05, 4.69) is 24.6 Å². The fourth-order valence-corrected chi connectivity index (χ4v) is 1.89. The third kappa shape index (κ3) is 1.95. The number of rotatable bonds is 2. The Morgan fingerprint density at radius 2 is 1.95 bits per heavy atom. The van der Waals surface area contributed by atoms with Crippen LogP contribution < -0.4 is 11.5 Å². The lowest BCUT2D eigenvalue weighted by Gasteiger charge is -2.04. The molecule has 2 N–H and O–H groups in total. The molecule has 0 aliphatic rings. The quantitative estimate of drug-likeness (QED) is 0.766. The van der Waals surface area contributed by atoms with Gasteiger partial charge in [-0.1, -0.05) is 28.4 Å². The average Bonchev–Trinajstić information content (AvgIpc) is 2.99. The summed E-state index contributed by atoms with van der Waals surface area (Å²) in [5.74, 6) is -0.708. The van der Waals surface area contributed by atoms with E-state index in [1.807, 2.05) is 0 Å². The molecule has 2 aromatic heterocycles. The number of hydrogen-bond donors (Lipinski definition) is 1. The van der Waals surface area contributed by atoms with E-state index < -0.39 is 5.76 Å². The topological polar surface area (TPSA) is 113 Å². The highest BCUT2D eigenvalue weighted by Crippen LogP contribution is 2.27. The van der Waals surface area contributed by atoms with Gasteiger partial charge in [0, 0.05) is 0 Å². The molecule has 10 heteroatoms.